The molecule has 1 aromatic rings. The summed E-state index contributed by atoms with van der Waals surface area (Å²) in [5.41, 5.74) is 0.511. The molecule has 0 aromatic heterocycles. The van der Waals surface area contributed by atoms with E-state index in [0.717, 1.165) is 49.7 Å². The van der Waals surface area contributed by atoms with Gasteiger partial charge in [-0.1, -0.05) is 50.9 Å². The van der Waals surface area contributed by atoms with Crippen LogP contribution >= 0.6 is 11.6 Å². The molecule has 50 heavy (non-hydrogen) atoms. The number of hydrogen-bond donors (Lipinski definition) is 1. The fraction of sp³-hybridized carbons (Fsp3) is 0.684. The van der Waals surface area contributed by atoms with Crippen molar-refractivity contribution in [1.82, 2.24) is 10.2 Å². The van der Waals surface area contributed by atoms with Crippen LogP contribution in [0.15, 0.2) is 17.3 Å². The number of likely N-dealkylation sites (tertiary alicyclic amines) is 1. The number of amides is 2. The van der Waals surface area contributed by atoms with Gasteiger partial charge in [-0.25, -0.2) is 4.79 Å². The van der Waals surface area contributed by atoms with Gasteiger partial charge in [0.1, 0.15) is 17.9 Å². The standard InChI is InChI=1S/C38H52ClN3O8/c1-7-10-24(33(45)31(44)16-23-13-14-23)17-30(43)29-20-38(19-28(41-50-38)26-18-27(39)32(48-6)15-22(26)2)21-42(29)35(46)34(37(3,4)5)40-36(47)49-25-11-8-9-12-25/h15,18,23-25,29,34H,7-14,16-17,19-21H2,1-6H3,(H,40,47)/t24-,29+,34-,38-/m1/s1. The summed E-state index contributed by atoms with van der Waals surface area (Å²) in [6, 6.07) is 1.62. The summed E-state index contributed by atoms with van der Waals surface area (Å²) in [5.74, 6) is -1.65. The largest absolute Gasteiger partial charge is 0.495 e. The van der Waals surface area contributed by atoms with Gasteiger partial charge in [-0.3, -0.25) is 19.2 Å². The zero-order valence-electron chi connectivity index (χ0n) is 30.3. The Labute approximate surface area is 300 Å². The maximum absolute atomic E-state index is 14.6. The topological polar surface area (TPSA) is 141 Å². The number of alkyl carbamates (subject to hydrolysis) is 1. The average Bonchev–Trinajstić information content (AvgIpc) is 3.41. The highest BCUT2D eigenvalue weighted by atomic mass is 35.5. The molecule has 5 rings (SSSR count). The summed E-state index contributed by atoms with van der Waals surface area (Å²) in [6.45, 7) is 9.41. The second-order valence-corrected chi connectivity index (χ2v) is 16.2. The predicted octanol–water partition coefficient (Wildman–Crippen LogP) is 6.52. The van der Waals surface area contributed by atoms with Crippen LogP contribution in [-0.2, 0) is 28.8 Å². The Morgan fingerprint density at radius 1 is 1.12 bits per heavy atom. The molecule has 2 amide bonds. The molecular formula is C38H52ClN3O8. The lowest BCUT2D eigenvalue weighted by Gasteiger charge is -2.35. The first-order valence-electron chi connectivity index (χ1n) is 18.1. The number of carbonyl (C=O) groups excluding carboxylic acids is 5. The number of oxime groups is 1. The fourth-order valence-corrected chi connectivity index (χ4v) is 7.78. The Kier molecular flexibility index (Phi) is 11.6. The number of nitrogens with one attached hydrogen (secondary N) is 1. The molecule has 1 spiro atoms. The lowest BCUT2D eigenvalue weighted by molar-refractivity contribution is -0.143. The van der Waals surface area contributed by atoms with Crippen LogP contribution < -0.4 is 10.1 Å². The normalized spacial score (nSPS) is 23.3. The molecule has 2 saturated carbocycles. The van der Waals surface area contributed by atoms with Crippen molar-refractivity contribution in [2.75, 3.05) is 13.7 Å². The van der Waals surface area contributed by atoms with Crippen molar-refractivity contribution in [2.45, 2.75) is 135 Å². The van der Waals surface area contributed by atoms with Crippen LogP contribution in [-0.4, -0.2) is 77.4 Å². The molecule has 11 nitrogen and oxygen atoms in total. The van der Waals surface area contributed by atoms with Crippen LogP contribution in [0.4, 0.5) is 4.79 Å². The van der Waals surface area contributed by atoms with Crippen molar-refractivity contribution in [3.63, 3.8) is 0 Å². The Bertz CT molecular complexity index is 1530. The van der Waals surface area contributed by atoms with Crippen molar-refractivity contribution in [3.05, 3.63) is 28.3 Å². The maximum Gasteiger partial charge on any atom is 0.408 e. The van der Waals surface area contributed by atoms with Gasteiger partial charge in [0.15, 0.2) is 17.2 Å². The number of nitrogens with zero attached hydrogens (tertiary/aromatic N) is 2. The highest BCUT2D eigenvalue weighted by molar-refractivity contribution is 6.38. The van der Waals surface area contributed by atoms with Crippen LogP contribution in [0.3, 0.4) is 0 Å². The Morgan fingerprint density at radius 3 is 2.44 bits per heavy atom. The van der Waals surface area contributed by atoms with Crippen LogP contribution in [0.1, 0.15) is 116 Å². The van der Waals surface area contributed by atoms with Crippen LogP contribution in [0.2, 0.25) is 5.02 Å². The predicted molar refractivity (Wildman–Crippen MR) is 188 cm³/mol. The Morgan fingerprint density at radius 2 is 1.82 bits per heavy atom. The lowest BCUT2D eigenvalue weighted by atomic mass is 9.84. The number of methoxy groups -OCH3 is 1. The summed E-state index contributed by atoms with van der Waals surface area (Å²) in [4.78, 5) is 75.7. The number of ketones is 3. The highest BCUT2D eigenvalue weighted by Crippen LogP contribution is 2.42. The molecule has 12 heteroatoms. The zero-order chi connectivity index (χ0) is 36.4. The monoisotopic (exact) mass is 713 g/mol. The summed E-state index contributed by atoms with van der Waals surface area (Å²) in [6.07, 6.45) is 6.10. The van der Waals surface area contributed by atoms with Crippen LogP contribution in [0.25, 0.3) is 0 Å². The molecule has 1 N–H and O–H groups in total. The van der Waals surface area contributed by atoms with Crippen molar-refractivity contribution in [1.29, 1.82) is 0 Å². The minimum Gasteiger partial charge on any atom is -0.495 e. The van der Waals surface area contributed by atoms with Gasteiger partial charge in [0.2, 0.25) is 11.7 Å². The molecule has 0 unspecified atom stereocenters. The van der Waals surface area contributed by atoms with Gasteiger partial charge < -0.3 is 24.5 Å². The Hall–Kier alpha value is -3.47. The van der Waals surface area contributed by atoms with E-state index in [1.165, 1.54) is 4.90 Å². The lowest BCUT2D eigenvalue weighted by Crippen LogP contribution is -2.57. The molecule has 3 fully saturated rings. The minimum absolute atomic E-state index is 0.0388. The quantitative estimate of drug-likeness (QED) is 0.215. The third-order valence-electron chi connectivity index (χ3n) is 10.6. The second kappa shape index (κ2) is 15.4. The van der Waals surface area contributed by atoms with E-state index in [1.807, 2.05) is 40.7 Å². The van der Waals surface area contributed by atoms with Gasteiger partial charge in [0.05, 0.1) is 30.4 Å². The van der Waals surface area contributed by atoms with Gasteiger partial charge in [0, 0.05) is 37.2 Å². The van der Waals surface area contributed by atoms with Gasteiger partial charge in [-0.15, -0.1) is 0 Å². The first-order chi connectivity index (χ1) is 23.6. The smallest absolute Gasteiger partial charge is 0.408 e. The average molecular weight is 714 g/mol. The summed E-state index contributed by atoms with van der Waals surface area (Å²) in [5, 5.41) is 7.67. The number of ether oxygens (including phenoxy) is 2. The fourth-order valence-electron chi connectivity index (χ4n) is 7.54. The molecule has 4 aliphatic rings. The summed E-state index contributed by atoms with van der Waals surface area (Å²) >= 11 is 6.47. The number of aryl methyl sites for hydroxylation is 1. The van der Waals surface area contributed by atoms with Crippen molar-refractivity contribution >= 4 is 46.7 Å². The van der Waals surface area contributed by atoms with Crippen LogP contribution in [0, 0.1) is 24.2 Å². The minimum atomic E-state index is -1.02. The summed E-state index contributed by atoms with van der Waals surface area (Å²) in [7, 11) is 1.54. The third-order valence-corrected chi connectivity index (χ3v) is 10.9. The molecule has 2 heterocycles. The van der Waals surface area contributed by atoms with E-state index in [-0.39, 0.29) is 43.6 Å². The van der Waals surface area contributed by atoms with Gasteiger partial charge in [-0.2, -0.15) is 0 Å². The number of hydrogen-bond acceptors (Lipinski definition) is 9. The molecule has 2 aliphatic carbocycles. The van der Waals surface area contributed by atoms with Gasteiger partial charge in [-0.05, 0) is 80.9 Å². The molecular weight excluding hydrogens is 662 g/mol. The summed E-state index contributed by atoms with van der Waals surface area (Å²) < 4.78 is 11.0. The molecule has 1 saturated heterocycles. The van der Waals surface area contributed by atoms with Gasteiger partial charge in [0.25, 0.3) is 0 Å². The van der Waals surface area contributed by atoms with Gasteiger partial charge >= 0.3 is 6.09 Å². The van der Waals surface area contributed by atoms with E-state index in [1.54, 1.807) is 13.2 Å². The number of halogens is 1. The maximum atomic E-state index is 14.6. The first-order valence-corrected chi connectivity index (χ1v) is 18.5. The van der Waals surface area contributed by atoms with E-state index in [0.29, 0.717) is 35.7 Å². The van der Waals surface area contributed by atoms with Crippen LogP contribution in [0.5, 0.6) is 5.75 Å². The first kappa shape index (κ1) is 37.8. The number of benzene rings is 1. The molecule has 0 radical (unpaired) electrons. The van der Waals surface area contributed by atoms with E-state index in [4.69, 9.17) is 25.9 Å². The molecule has 4 atom stereocenters. The highest BCUT2D eigenvalue weighted by Gasteiger charge is 2.55. The van der Waals surface area contributed by atoms with Crippen molar-refractivity contribution < 1.29 is 38.3 Å². The number of carbonyl (C=O) groups is 5. The molecule has 0 bridgehead atoms. The number of rotatable bonds is 14. The SMILES string of the molecule is CCC[C@H](CC(=O)[C@@H]1C[C@]2(CC(c3cc(Cl)c(OC)cc3C)=NO2)CN1C(=O)[C@@H](NC(=O)OC1CCCC1)C(C)(C)C)C(=O)C(=O)CC1CC1. The number of Topliss-reactive ketones (excluding diaryl/α,β-unsaturated/α-hetero) is 3. The molecule has 274 valence electrons. The second-order valence-electron chi connectivity index (χ2n) is 15.8. The van der Waals surface area contributed by atoms with E-state index < -0.39 is 52.6 Å². The third kappa shape index (κ3) is 8.69. The van der Waals surface area contributed by atoms with E-state index in [9.17, 15) is 24.0 Å². The molecule has 1 aromatic carbocycles. The molecule has 2 aliphatic heterocycles. The Balaban J connectivity index is 1.41. The van der Waals surface area contributed by atoms with E-state index >= 15 is 0 Å². The van der Waals surface area contributed by atoms with Crippen molar-refractivity contribution in [2.24, 2.45) is 22.4 Å². The van der Waals surface area contributed by atoms with Crippen molar-refractivity contribution in [3.8, 4) is 5.75 Å². The van der Waals surface area contributed by atoms with E-state index in [2.05, 4.69) is 10.5 Å². The zero-order valence-corrected chi connectivity index (χ0v) is 31.0.